The van der Waals surface area contributed by atoms with Crippen LogP contribution in [0.4, 0.5) is 0 Å². The Kier molecular flexibility index (Phi) is 6.13. The SMILES string of the molecule is C1=CC(c2cccc(-c3cc4cccnc4c4ccccc34)c2)=CC(c2nc(-c3ccccc3)c3sc4ccccc4c3n2)C1. The molecule has 8 aromatic rings. The van der Waals surface area contributed by atoms with Gasteiger partial charge in [0.05, 0.1) is 21.4 Å². The topological polar surface area (TPSA) is 38.7 Å². The third-order valence-electron chi connectivity index (χ3n) is 8.80. The van der Waals surface area contributed by atoms with Gasteiger partial charge < -0.3 is 0 Å². The van der Waals surface area contributed by atoms with Gasteiger partial charge in [0.15, 0.2) is 0 Å². The lowest BCUT2D eigenvalue weighted by Gasteiger charge is -2.18. The van der Waals surface area contributed by atoms with Gasteiger partial charge >= 0.3 is 0 Å². The number of hydrogen-bond acceptors (Lipinski definition) is 4. The van der Waals surface area contributed by atoms with E-state index in [1.807, 2.05) is 12.3 Å². The minimum Gasteiger partial charge on any atom is -0.256 e. The van der Waals surface area contributed by atoms with Crippen LogP contribution >= 0.6 is 11.3 Å². The van der Waals surface area contributed by atoms with E-state index in [1.165, 1.54) is 43.1 Å². The fourth-order valence-electron chi connectivity index (χ4n) is 6.64. The van der Waals surface area contributed by atoms with Gasteiger partial charge in [-0.05, 0) is 58.3 Å². The fraction of sp³-hybridized carbons (Fsp3) is 0.0488. The average molecular weight is 594 g/mol. The predicted octanol–water partition coefficient (Wildman–Crippen LogP) is 11.0. The first kappa shape index (κ1) is 26.0. The first-order chi connectivity index (χ1) is 22.3. The number of pyridine rings is 1. The lowest BCUT2D eigenvalue weighted by molar-refractivity contribution is 0.784. The Bertz CT molecular complexity index is 2470. The van der Waals surface area contributed by atoms with Crippen LogP contribution in [-0.4, -0.2) is 15.0 Å². The fourth-order valence-corrected chi connectivity index (χ4v) is 7.80. The number of hydrogen-bond donors (Lipinski definition) is 0. The highest BCUT2D eigenvalue weighted by Crippen LogP contribution is 2.41. The van der Waals surface area contributed by atoms with Crippen molar-refractivity contribution in [1.82, 2.24) is 15.0 Å². The summed E-state index contributed by atoms with van der Waals surface area (Å²) in [6.45, 7) is 0. The molecule has 212 valence electrons. The van der Waals surface area contributed by atoms with Gasteiger partial charge in [-0.2, -0.15) is 0 Å². The van der Waals surface area contributed by atoms with E-state index >= 15 is 0 Å². The molecule has 0 spiro atoms. The van der Waals surface area contributed by atoms with Crippen molar-refractivity contribution >= 4 is 58.9 Å². The smallest absolute Gasteiger partial charge is 0.137 e. The van der Waals surface area contributed by atoms with E-state index in [0.717, 1.165) is 44.6 Å². The summed E-state index contributed by atoms with van der Waals surface area (Å²) in [5.74, 6) is 0.947. The molecule has 0 saturated heterocycles. The molecule has 0 saturated carbocycles. The molecule has 1 unspecified atom stereocenters. The maximum atomic E-state index is 5.26. The highest BCUT2D eigenvalue weighted by atomic mass is 32.1. The quantitative estimate of drug-likeness (QED) is 0.191. The van der Waals surface area contributed by atoms with Gasteiger partial charge in [-0.3, -0.25) is 4.98 Å². The number of aromatic nitrogens is 3. The summed E-state index contributed by atoms with van der Waals surface area (Å²) in [6.07, 6.45) is 9.61. The summed E-state index contributed by atoms with van der Waals surface area (Å²) in [6, 6.07) is 43.0. The molecule has 1 atom stereocenters. The molecule has 0 aliphatic heterocycles. The van der Waals surface area contributed by atoms with Crippen LogP contribution in [0.1, 0.15) is 23.7 Å². The standard InChI is InChI=1S/C41H27N3S/c1-2-11-26(12-3-1)38-40-39(34-20-6-7-21-36(34)45-40)44-41(43-38)31-16-9-14-28(24-31)27-13-8-15-29(23-27)35-25-30-17-10-22-42-37(30)33-19-5-4-18-32(33)35/h1-15,17-25,31H,16H2. The van der Waals surface area contributed by atoms with Crippen molar-refractivity contribution in [1.29, 1.82) is 0 Å². The summed E-state index contributed by atoms with van der Waals surface area (Å²) in [5, 5.41) is 4.73. The molecular weight excluding hydrogens is 567 g/mol. The summed E-state index contributed by atoms with van der Waals surface area (Å²) in [4.78, 5) is 15.2. The van der Waals surface area contributed by atoms with Gasteiger partial charge in [0.25, 0.3) is 0 Å². The van der Waals surface area contributed by atoms with Crippen LogP contribution in [-0.2, 0) is 0 Å². The van der Waals surface area contributed by atoms with Crippen molar-refractivity contribution in [3.8, 4) is 22.4 Å². The van der Waals surface area contributed by atoms with Gasteiger partial charge in [0, 0.05) is 38.5 Å². The number of rotatable bonds is 4. The van der Waals surface area contributed by atoms with Gasteiger partial charge in [-0.25, -0.2) is 9.97 Å². The van der Waals surface area contributed by atoms with Crippen LogP contribution < -0.4 is 0 Å². The second kappa shape index (κ2) is 10.6. The van der Waals surface area contributed by atoms with Crippen molar-refractivity contribution in [2.24, 2.45) is 0 Å². The molecule has 4 heteroatoms. The van der Waals surface area contributed by atoms with Crippen LogP contribution in [0.5, 0.6) is 0 Å². The molecule has 0 amide bonds. The Balaban J connectivity index is 1.17. The summed E-state index contributed by atoms with van der Waals surface area (Å²) < 4.78 is 2.39. The van der Waals surface area contributed by atoms with Crippen molar-refractivity contribution < 1.29 is 0 Å². The van der Waals surface area contributed by atoms with Crippen molar-refractivity contribution in [2.45, 2.75) is 12.3 Å². The molecular formula is C41H27N3S. The molecule has 45 heavy (non-hydrogen) atoms. The predicted molar refractivity (Wildman–Crippen MR) is 190 cm³/mol. The van der Waals surface area contributed by atoms with Gasteiger partial charge in [-0.15, -0.1) is 11.3 Å². The highest BCUT2D eigenvalue weighted by molar-refractivity contribution is 7.26. The summed E-state index contributed by atoms with van der Waals surface area (Å²) in [7, 11) is 0. The van der Waals surface area contributed by atoms with E-state index in [0.29, 0.717) is 0 Å². The first-order valence-corrected chi connectivity index (χ1v) is 16.1. The molecule has 1 aliphatic carbocycles. The van der Waals surface area contributed by atoms with Crippen LogP contribution in [0.2, 0.25) is 0 Å². The number of nitrogens with zero attached hydrogens (tertiary/aromatic N) is 3. The zero-order chi connectivity index (χ0) is 29.7. The molecule has 3 nitrogen and oxygen atoms in total. The Morgan fingerprint density at radius 2 is 1.40 bits per heavy atom. The van der Waals surface area contributed by atoms with Gasteiger partial charge in [0.2, 0.25) is 0 Å². The zero-order valence-corrected chi connectivity index (χ0v) is 25.2. The Hall–Kier alpha value is -5.45. The molecule has 3 aromatic heterocycles. The van der Waals surface area contributed by atoms with E-state index in [1.54, 1.807) is 11.3 Å². The lowest BCUT2D eigenvalue weighted by atomic mass is 9.89. The first-order valence-electron chi connectivity index (χ1n) is 15.3. The van der Waals surface area contributed by atoms with E-state index in [4.69, 9.17) is 15.0 Å². The maximum absolute atomic E-state index is 5.26. The van der Waals surface area contributed by atoms with Gasteiger partial charge in [0.1, 0.15) is 5.82 Å². The van der Waals surface area contributed by atoms with Crippen molar-refractivity contribution in [3.05, 3.63) is 157 Å². The number of allylic oxidation sites excluding steroid dienone is 4. The third-order valence-corrected chi connectivity index (χ3v) is 9.97. The van der Waals surface area contributed by atoms with Gasteiger partial charge in [-0.1, -0.05) is 115 Å². The largest absolute Gasteiger partial charge is 0.256 e. The molecule has 1 aliphatic rings. The average Bonchev–Trinajstić information content (AvgIpc) is 3.50. The number of fused-ring (bicyclic) bond motifs is 6. The number of thiophene rings is 1. The molecule has 0 fully saturated rings. The zero-order valence-electron chi connectivity index (χ0n) is 24.4. The van der Waals surface area contributed by atoms with E-state index in [-0.39, 0.29) is 5.92 Å². The monoisotopic (exact) mass is 593 g/mol. The second-order valence-corrected chi connectivity index (χ2v) is 12.6. The minimum atomic E-state index is 0.0757. The Morgan fingerprint density at radius 1 is 0.622 bits per heavy atom. The molecule has 0 radical (unpaired) electrons. The molecule has 0 bridgehead atoms. The normalized spacial score (nSPS) is 14.8. The van der Waals surface area contributed by atoms with E-state index < -0.39 is 0 Å². The second-order valence-electron chi connectivity index (χ2n) is 11.6. The molecule has 0 N–H and O–H groups in total. The van der Waals surface area contributed by atoms with E-state index in [2.05, 4.69) is 133 Å². The summed E-state index contributed by atoms with van der Waals surface area (Å²) >= 11 is 1.78. The highest BCUT2D eigenvalue weighted by Gasteiger charge is 2.21. The van der Waals surface area contributed by atoms with Crippen LogP contribution in [0.15, 0.2) is 146 Å². The van der Waals surface area contributed by atoms with Crippen molar-refractivity contribution in [2.75, 3.05) is 0 Å². The third kappa shape index (κ3) is 4.45. The molecule has 9 rings (SSSR count). The Labute approximate surface area is 264 Å². The maximum Gasteiger partial charge on any atom is 0.137 e. The molecule has 5 aromatic carbocycles. The van der Waals surface area contributed by atoms with Crippen LogP contribution in [0.3, 0.4) is 0 Å². The van der Waals surface area contributed by atoms with Crippen LogP contribution in [0, 0.1) is 0 Å². The van der Waals surface area contributed by atoms with E-state index in [9.17, 15) is 0 Å². The number of benzene rings is 5. The van der Waals surface area contributed by atoms with Crippen LogP contribution in [0.25, 0.3) is 69.9 Å². The summed E-state index contributed by atoms with van der Waals surface area (Å²) in [5.41, 5.74) is 9.02. The Morgan fingerprint density at radius 3 is 2.31 bits per heavy atom. The minimum absolute atomic E-state index is 0.0757. The molecule has 3 heterocycles. The lowest BCUT2D eigenvalue weighted by Crippen LogP contribution is -2.06. The van der Waals surface area contributed by atoms with Crippen molar-refractivity contribution in [3.63, 3.8) is 0 Å².